The van der Waals surface area contributed by atoms with E-state index >= 15 is 0 Å². The number of carbonyl (C=O) groups excluding carboxylic acids is 1. The predicted octanol–water partition coefficient (Wildman–Crippen LogP) is 3.63. The molecular formula is C21H26N2O3. The first-order valence-electron chi connectivity index (χ1n) is 8.92. The molecular weight excluding hydrogens is 328 g/mol. The molecule has 0 bridgehead atoms. The molecule has 3 N–H and O–H groups in total. The molecule has 0 fully saturated rings. The van der Waals surface area contributed by atoms with E-state index in [1.807, 2.05) is 39.0 Å². The lowest BCUT2D eigenvalue weighted by Gasteiger charge is -2.33. The molecule has 1 amide bonds. The molecule has 26 heavy (non-hydrogen) atoms. The molecule has 1 heterocycles. The van der Waals surface area contributed by atoms with Gasteiger partial charge in [-0.2, -0.15) is 0 Å². The molecule has 5 nitrogen and oxygen atoms in total. The van der Waals surface area contributed by atoms with Gasteiger partial charge >= 0.3 is 6.09 Å². The van der Waals surface area contributed by atoms with Gasteiger partial charge in [0.15, 0.2) is 0 Å². The largest absolute Gasteiger partial charge is 0.444 e. The average molecular weight is 354 g/mol. The highest BCUT2D eigenvalue weighted by molar-refractivity contribution is 5.93. The van der Waals surface area contributed by atoms with Crippen molar-refractivity contribution in [3.8, 4) is 0 Å². The minimum absolute atomic E-state index is 0.0210. The molecule has 0 saturated carbocycles. The zero-order chi connectivity index (χ0) is 18.7. The van der Waals surface area contributed by atoms with Gasteiger partial charge in [0, 0.05) is 23.8 Å². The van der Waals surface area contributed by atoms with Gasteiger partial charge in [-0.3, -0.25) is 0 Å². The first-order valence-corrected chi connectivity index (χ1v) is 8.92. The first-order chi connectivity index (χ1) is 12.4. The fourth-order valence-electron chi connectivity index (χ4n) is 3.17. The molecule has 3 rings (SSSR count). The Bertz CT molecular complexity index is 818. The van der Waals surface area contributed by atoms with Crippen molar-refractivity contribution in [2.75, 3.05) is 6.61 Å². The van der Waals surface area contributed by atoms with Gasteiger partial charge in [0.1, 0.15) is 11.8 Å². The summed E-state index contributed by atoms with van der Waals surface area (Å²) in [6.45, 7) is 5.45. The van der Waals surface area contributed by atoms with Crippen molar-refractivity contribution >= 4 is 22.6 Å². The molecule has 0 aromatic heterocycles. The Morgan fingerprint density at radius 2 is 1.96 bits per heavy atom. The molecule has 2 aromatic rings. The van der Waals surface area contributed by atoms with Crippen LogP contribution in [0.4, 0.5) is 4.79 Å². The summed E-state index contributed by atoms with van der Waals surface area (Å²) in [5.74, 6) is -0.110. The van der Waals surface area contributed by atoms with Crippen LogP contribution >= 0.6 is 0 Å². The fourth-order valence-corrected chi connectivity index (χ4v) is 3.17. The molecule has 2 atom stereocenters. The molecule has 0 aliphatic carbocycles. The van der Waals surface area contributed by atoms with Gasteiger partial charge in [-0.25, -0.2) is 4.79 Å². The molecule has 0 spiro atoms. The van der Waals surface area contributed by atoms with Crippen LogP contribution < -0.4 is 10.6 Å². The summed E-state index contributed by atoms with van der Waals surface area (Å²) in [6, 6.07) is 14.4. The summed E-state index contributed by atoms with van der Waals surface area (Å²) in [6.07, 6.45) is 1.86. The predicted molar refractivity (Wildman–Crippen MR) is 103 cm³/mol. The number of amides is 1. The highest BCUT2D eigenvalue weighted by atomic mass is 16.6. The monoisotopic (exact) mass is 354 g/mol. The van der Waals surface area contributed by atoms with Crippen LogP contribution in [0.1, 0.15) is 32.8 Å². The zero-order valence-electron chi connectivity index (χ0n) is 15.5. The second kappa shape index (κ2) is 7.38. The second-order valence-electron chi connectivity index (χ2n) is 7.59. The van der Waals surface area contributed by atoms with Crippen LogP contribution in [0.15, 0.2) is 48.5 Å². The summed E-state index contributed by atoms with van der Waals surface area (Å²) < 4.78 is 5.35. The van der Waals surface area contributed by atoms with Crippen LogP contribution in [0.5, 0.6) is 0 Å². The van der Waals surface area contributed by atoms with E-state index in [9.17, 15) is 9.90 Å². The van der Waals surface area contributed by atoms with Crippen molar-refractivity contribution in [2.45, 2.75) is 39.0 Å². The molecule has 1 aliphatic rings. The van der Waals surface area contributed by atoms with E-state index in [0.717, 1.165) is 22.0 Å². The lowest BCUT2D eigenvalue weighted by molar-refractivity contribution is 0.0459. The number of fused-ring (bicyclic) bond motifs is 1. The van der Waals surface area contributed by atoms with Crippen molar-refractivity contribution in [3.63, 3.8) is 0 Å². The van der Waals surface area contributed by atoms with Crippen molar-refractivity contribution in [3.05, 3.63) is 54.1 Å². The maximum atomic E-state index is 12.2. The van der Waals surface area contributed by atoms with Gasteiger partial charge in [-0.15, -0.1) is 0 Å². The number of nitrogens with one attached hydrogen (secondary N) is 2. The SMILES string of the molecule is CC(C)(C)OC(=O)NC1NC(c2cccc3ccccc23)=CCC1CO. The lowest BCUT2D eigenvalue weighted by Crippen LogP contribution is -2.53. The minimum atomic E-state index is -0.568. The van der Waals surface area contributed by atoms with Crippen LogP contribution in [-0.4, -0.2) is 29.6 Å². The third kappa shape index (κ3) is 4.17. The number of hydrogen-bond acceptors (Lipinski definition) is 4. The molecule has 138 valence electrons. The summed E-state index contributed by atoms with van der Waals surface area (Å²) in [7, 11) is 0. The maximum Gasteiger partial charge on any atom is 0.409 e. The lowest BCUT2D eigenvalue weighted by atomic mass is 9.94. The van der Waals surface area contributed by atoms with Crippen molar-refractivity contribution < 1.29 is 14.6 Å². The van der Waals surface area contributed by atoms with Crippen LogP contribution in [0, 0.1) is 5.92 Å². The summed E-state index contributed by atoms with van der Waals surface area (Å²) in [4.78, 5) is 12.2. The number of ether oxygens (including phenoxy) is 1. The summed E-state index contributed by atoms with van der Waals surface area (Å²) >= 11 is 0. The second-order valence-corrected chi connectivity index (χ2v) is 7.59. The highest BCUT2D eigenvalue weighted by Crippen LogP contribution is 2.28. The minimum Gasteiger partial charge on any atom is -0.444 e. The van der Waals surface area contributed by atoms with Gasteiger partial charge < -0.3 is 20.5 Å². The van der Waals surface area contributed by atoms with E-state index < -0.39 is 17.9 Å². The molecule has 5 heteroatoms. The topological polar surface area (TPSA) is 70.6 Å². The van der Waals surface area contributed by atoms with Gasteiger partial charge in [0.25, 0.3) is 0 Å². The van der Waals surface area contributed by atoms with Crippen LogP contribution in [0.3, 0.4) is 0 Å². The molecule has 0 saturated heterocycles. The van der Waals surface area contributed by atoms with Gasteiger partial charge in [0.2, 0.25) is 0 Å². The standard InChI is InChI=1S/C21H26N2O3/c1-21(2,3)26-20(25)23-19-15(13-24)11-12-18(22-19)17-10-6-8-14-7-4-5-9-16(14)17/h4-10,12,15,19,22,24H,11,13H2,1-3H3,(H,23,25). The number of hydrogen-bond donors (Lipinski definition) is 3. The normalized spacial score (nSPS) is 20.2. The molecule has 2 unspecified atom stereocenters. The quantitative estimate of drug-likeness (QED) is 0.787. The summed E-state index contributed by atoms with van der Waals surface area (Å²) in [5.41, 5.74) is 1.46. The van der Waals surface area contributed by atoms with Crippen molar-refractivity contribution in [1.29, 1.82) is 0 Å². The third-order valence-corrected chi connectivity index (χ3v) is 4.39. The average Bonchev–Trinajstić information content (AvgIpc) is 2.59. The Balaban J connectivity index is 1.84. The van der Waals surface area contributed by atoms with Gasteiger partial charge in [0.05, 0.1) is 0 Å². The Labute approximate surface area is 154 Å². The fraction of sp³-hybridized carbons (Fsp3) is 0.381. The van der Waals surface area contributed by atoms with Crippen LogP contribution in [0.25, 0.3) is 16.5 Å². The van der Waals surface area contributed by atoms with Crippen LogP contribution in [-0.2, 0) is 4.74 Å². The van der Waals surface area contributed by atoms with E-state index in [-0.39, 0.29) is 12.5 Å². The summed E-state index contributed by atoms with van der Waals surface area (Å²) in [5, 5.41) is 18.2. The Morgan fingerprint density at radius 3 is 2.69 bits per heavy atom. The first kappa shape index (κ1) is 18.3. The number of benzene rings is 2. The van der Waals surface area contributed by atoms with Gasteiger partial charge in [-0.1, -0.05) is 48.5 Å². The molecule has 2 aromatic carbocycles. The van der Waals surface area contributed by atoms with Crippen molar-refractivity contribution in [1.82, 2.24) is 10.6 Å². The molecule has 0 radical (unpaired) electrons. The Morgan fingerprint density at radius 1 is 1.23 bits per heavy atom. The zero-order valence-corrected chi connectivity index (χ0v) is 15.5. The van der Waals surface area contributed by atoms with E-state index in [1.54, 1.807) is 0 Å². The Kier molecular flexibility index (Phi) is 5.18. The van der Waals surface area contributed by atoms with Crippen molar-refractivity contribution in [2.24, 2.45) is 5.92 Å². The number of allylic oxidation sites excluding steroid dienone is 1. The number of rotatable bonds is 3. The van der Waals surface area contributed by atoms with E-state index in [1.165, 1.54) is 0 Å². The smallest absolute Gasteiger partial charge is 0.409 e. The number of aliphatic hydroxyl groups is 1. The number of alkyl carbamates (subject to hydrolysis) is 1. The number of aliphatic hydroxyl groups excluding tert-OH is 1. The van der Waals surface area contributed by atoms with E-state index in [2.05, 4.69) is 41.0 Å². The van der Waals surface area contributed by atoms with E-state index in [0.29, 0.717) is 6.42 Å². The maximum absolute atomic E-state index is 12.2. The van der Waals surface area contributed by atoms with Gasteiger partial charge in [-0.05, 0) is 38.0 Å². The Hall–Kier alpha value is -2.53. The van der Waals surface area contributed by atoms with Crippen LogP contribution in [0.2, 0.25) is 0 Å². The number of carbonyl (C=O) groups is 1. The third-order valence-electron chi connectivity index (χ3n) is 4.39. The van der Waals surface area contributed by atoms with E-state index in [4.69, 9.17) is 4.74 Å². The molecule has 1 aliphatic heterocycles. The highest BCUT2D eigenvalue weighted by Gasteiger charge is 2.29.